The van der Waals surface area contributed by atoms with E-state index in [2.05, 4.69) is 29.4 Å². The Balaban J connectivity index is 1.76. The number of para-hydroxylation sites is 1. The van der Waals surface area contributed by atoms with E-state index < -0.39 is 0 Å². The normalized spacial score (nSPS) is 10.8. The van der Waals surface area contributed by atoms with Crippen LogP contribution in [-0.4, -0.2) is 27.6 Å². The SMILES string of the molecule is CC(C)CSc1nnc(SCC(=O)Nc2ccccc2)s1. The largest absolute Gasteiger partial charge is 0.325 e. The minimum absolute atomic E-state index is 0.0298. The predicted octanol–water partition coefficient (Wildman–Crippen LogP) is 4.02. The monoisotopic (exact) mass is 339 g/mol. The van der Waals surface area contributed by atoms with Gasteiger partial charge in [0, 0.05) is 11.4 Å². The molecule has 0 spiro atoms. The van der Waals surface area contributed by atoms with Gasteiger partial charge in [-0.15, -0.1) is 10.2 Å². The lowest BCUT2D eigenvalue weighted by molar-refractivity contribution is -0.113. The van der Waals surface area contributed by atoms with Gasteiger partial charge in [0.05, 0.1) is 5.75 Å². The van der Waals surface area contributed by atoms with Crippen molar-refractivity contribution in [3.8, 4) is 0 Å². The average Bonchev–Trinajstić information content (AvgIpc) is 2.92. The fraction of sp³-hybridized carbons (Fsp3) is 0.357. The van der Waals surface area contributed by atoms with Crippen LogP contribution in [0.4, 0.5) is 5.69 Å². The lowest BCUT2D eigenvalue weighted by Crippen LogP contribution is -2.13. The van der Waals surface area contributed by atoms with Gasteiger partial charge in [0.1, 0.15) is 0 Å². The van der Waals surface area contributed by atoms with Crippen molar-refractivity contribution in [3.63, 3.8) is 0 Å². The number of carbonyl (C=O) groups is 1. The fourth-order valence-electron chi connectivity index (χ4n) is 1.40. The Hall–Kier alpha value is -1.05. The van der Waals surface area contributed by atoms with E-state index in [0.29, 0.717) is 11.7 Å². The van der Waals surface area contributed by atoms with E-state index in [-0.39, 0.29) is 5.91 Å². The van der Waals surface area contributed by atoms with E-state index in [1.807, 2.05) is 30.3 Å². The first-order chi connectivity index (χ1) is 10.1. The molecule has 0 aliphatic heterocycles. The van der Waals surface area contributed by atoms with Crippen LogP contribution in [0.25, 0.3) is 0 Å². The third kappa shape index (κ3) is 6.07. The number of benzene rings is 1. The van der Waals surface area contributed by atoms with Crippen molar-refractivity contribution in [2.45, 2.75) is 22.5 Å². The lowest BCUT2D eigenvalue weighted by atomic mass is 10.3. The van der Waals surface area contributed by atoms with Crippen LogP contribution in [0.15, 0.2) is 39.0 Å². The number of nitrogens with zero attached hydrogens (tertiary/aromatic N) is 2. The van der Waals surface area contributed by atoms with Gasteiger partial charge in [0.15, 0.2) is 8.68 Å². The zero-order chi connectivity index (χ0) is 15.1. The maximum atomic E-state index is 11.8. The Bertz CT molecular complexity index is 572. The summed E-state index contributed by atoms with van der Waals surface area (Å²) in [5, 5.41) is 11.1. The molecule has 0 aliphatic carbocycles. The Morgan fingerprint density at radius 3 is 2.52 bits per heavy atom. The minimum Gasteiger partial charge on any atom is -0.325 e. The van der Waals surface area contributed by atoms with Gasteiger partial charge in [0.25, 0.3) is 0 Å². The molecule has 1 aromatic carbocycles. The van der Waals surface area contributed by atoms with Crippen molar-refractivity contribution < 1.29 is 4.79 Å². The van der Waals surface area contributed by atoms with Gasteiger partial charge in [0.2, 0.25) is 5.91 Å². The number of rotatable bonds is 7. The molecule has 0 aliphatic rings. The van der Waals surface area contributed by atoms with Gasteiger partial charge in [-0.1, -0.05) is 66.9 Å². The van der Waals surface area contributed by atoms with Crippen LogP contribution < -0.4 is 5.32 Å². The van der Waals surface area contributed by atoms with Crippen molar-refractivity contribution in [1.82, 2.24) is 10.2 Å². The smallest absolute Gasteiger partial charge is 0.234 e. The van der Waals surface area contributed by atoms with Gasteiger partial charge >= 0.3 is 0 Å². The number of aromatic nitrogens is 2. The first-order valence-corrected chi connectivity index (χ1v) is 9.36. The van der Waals surface area contributed by atoms with Crippen LogP contribution in [0.3, 0.4) is 0 Å². The number of hydrogen-bond acceptors (Lipinski definition) is 6. The van der Waals surface area contributed by atoms with E-state index in [4.69, 9.17) is 0 Å². The van der Waals surface area contributed by atoms with E-state index >= 15 is 0 Å². The van der Waals surface area contributed by atoms with Gasteiger partial charge in [-0.05, 0) is 18.1 Å². The Labute approximate surface area is 137 Å². The standard InChI is InChI=1S/C14H17N3OS3/c1-10(2)8-19-13-16-17-14(21-13)20-9-12(18)15-11-6-4-3-5-7-11/h3-7,10H,8-9H2,1-2H3,(H,15,18). The molecule has 21 heavy (non-hydrogen) atoms. The molecule has 0 atom stereocenters. The van der Waals surface area contributed by atoms with Crippen LogP contribution in [-0.2, 0) is 4.79 Å². The maximum absolute atomic E-state index is 11.8. The molecule has 1 heterocycles. The summed E-state index contributed by atoms with van der Waals surface area (Å²) in [4.78, 5) is 11.8. The Morgan fingerprint density at radius 2 is 1.86 bits per heavy atom. The molecule has 0 unspecified atom stereocenters. The highest BCUT2D eigenvalue weighted by Gasteiger charge is 2.09. The van der Waals surface area contributed by atoms with Crippen molar-refractivity contribution in [2.24, 2.45) is 5.92 Å². The number of nitrogens with one attached hydrogen (secondary N) is 1. The second kappa shape index (κ2) is 8.41. The quantitative estimate of drug-likeness (QED) is 0.772. The van der Waals surface area contributed by atoms with Crippen LogP contribution >= 0.6 is 34.9 Å². The Morgan fingerprint density at radius 1 is 1.19 bits per heavy atom. The van der Waals surface area contributed by atoms with Gasteiger partial charge < -0.3 is 5.32 Å². The summed E-state index contributed by atoms with van der Waals surface area (Å²) >= 11 is 4.69. The summed E-state index contributed by atoms with van der Waals surface area (Å²) in [6.07, 6.45) is 0. The number of carbonyl (C=O) groups excluding carboxylic acids is 1. The third-order valence-electron chi connectivity index (χ3n) is 2.31. The maximum Gasteiger partial charge on any atom is 0.234 e. The average molecular weight is 340 g/mol. The van der Waals surface area contributed by atoms with Crippen molar-refractivity contribution in [3.05, 3.63) is 30.3 Å². The molecule has 112 valence electrons. The summed E-state index contributed by atoms with van der Waals surface area (Å²) in [6.45, 7) is 4.36. The van der Waals surface area contributed by atoms with E-state index in [1.165, 1.54) is 11.8 Å². The highest BCUT2D eigenvalue weighted by atomic mass is 32.2. The zero-order valence-corrected chi connectivity index (χ0v) is 14.4. The molecule has 0 saturated carbocycles. The summed E-state index contributed by atoms with van der Waals surface area (Å²) < 4.78 is 1.80. The van der Waals surface area contributed by atoms with E-state index in [1.54, 1.807) is 23.1 Å². The zero-order valence-electron chi connectivity index (χ0n) is 11.9. The van der Waals surface area contributed by atoms with Crippen molar-refractivity contribution in [1.29, 1.82) is 0 Å². The highest BCUT2D eigenvalue weighted by Crippen LogP contribution is 2.29. The molecule has 1 aromatic heterocycles. The molecule has 1 amide bonds. The lowest BCUT2D eigenvalue weighted by Gasteiger charge is -2.03. The second-order valence-corrected chi connectivity index (χ2v) is 8.21. The summed E-state index contributed by atoms with van der Waals surface area (Å²) in [6, 6.07) is 9.45. The second-order valence-electron chi connectivity index (χ2n) is 4.74. The Kier molecular flexibility index (Phi) is 6.53. The highest BCUT2D eigenvalue weighted by molar-refractivity contribution is 8.03. The molecule has 2 aromatic rings. The summed E-state index contributed by atoms with van der Waals surface area (Å²) in [7, 11) is 0. The predicted molar refractivity (Wildman–Crippen MR) is 91.3 cm³/mol. The molecule has 0 bridgehead atoms. The van der Waals surface area contributed by atoms with E-state index in [0.717, 1.165) is 20.1 Å². The molecule has 4 nitrogen and oxygen atoms in total. The fourth-order valence-corrected chi connectivity index (χ4v) is 4.19. The number of thioether (sulfide) groups is 2. The number of hydrogen-bond donors (Lipinski definition) is 1. The minimum atomic E-state index is -0.0298. The number of amides is 1. The van der Waals surface area contributed by atoms with Crippen LogP contribution in [0, 0.1) is 5.92 Å². The molecular weight excluding hydrogens is 322 g/mol. The van der Waals surface area contributed by atoms with Crippen molar-refractivity contribution >= 4 is 46.5 Å². The number of anilines is 1. The molecule has 2 rings (SSSR count). The molecule has 1 N–H and O–H groups in total. The third-order valence-corrected chi connectivity index (χ3v) is 5.93. The first-order valence-electron chi connectivity index (χ1n) is 6.57. The van der Waals surface area contributed by atoms with E-state index in [9.17, 15) is 4.79 Å². The molecule has 0 fully saturated rings. The topological polar surface area (TPSA) is 54.9 Å². The van der Waals surface area contributed by atoms with Crippen LogP contribution in [0.1, 0.15) is 13.8 Å². The molecule has 7 heteroatoms. The van der Waals surface area contributed by atoms with Crippen LogP contribution in [0.2, 0.25) is 0 Å². The molecule has 0 saturated heterocycles. The van der Waals surface area contributed by atoms with Crippen molar-refractivity contribution in [2.75, 3.05) is 16.8 Å². The van der Waals surface area contributed by atoms with Gasteiger partial charge in [-0.3, -0.25) is 4.79 Å². The summed E-state index contributed by atoms with van der Waals surface area (Å²) in [5.41, 5.74) is 0.813. The van der Waals surface area contributed by atoms with Gasteiger partial charge in [-0.2, -0.15) is 0 Å². The van der Waals surface area contributed by atoms with Gasteiger partial charge in [-0.25, -0.2) is 0 Å². The molecular formula is C14H17N3OS3. The van der Waals surface area contributed by atoms with Crippen LogP contribution in [0.5, 0.6) is 0 Å². The first kappa shape index (κ1) is 16.3. The molecule has 0 radical (unpaired) electrons. The summed E-state index contributed by atoms with van der Waals surface area (Å²) in [5.74, 6) is 1.98.